The summed E-state index contributed by atoms with van der Waals surface area (Å²) in [5.74, 6) is -0.442. The molecule has 2 rings (SSSR count). The van der Waals surface area contributed by atoms with Crippen molar-refractivity contribution in [1.29, 1.82) is 0 Å². The van der Waals surface area contributed by atoms with Gasteiger partial charge in [0, 0.05) is 12.8 Å². The van der Waals surface area contributed by atoms with Crippen molar-refractivity contribution in [3.8, 4) is 5.75 Å². The molecule has 0 aromatic heterocycles. The van der Waals surface area contributed by atoms with E-state index >= 15 is 0 Å². The van der Waals surface area contributed by atoms with Crippen LogP contribution < -0.4 is 0 Å². The summed E-state index contributed by atoms with van der Waals surface area (Å²) in [6.07, 6.45) is 4.25. The van der Waals surface area contributed by atoms with E-state index in [9.17, 15) is 14.7 Å². The van der Waals surface area contributed by atoms with Gasteiger partial charge in [0.1, 0.15) is 22.7 Å². The summed E-state index contributed by atoms with van der Waals surface area (Å²) < 4.78 is 5.66. The van der Waals surface area contributed by atoms with Crippen molar-refractivity contribution >= 4 is 17.8 Å². The Bertz CT molecular complexity index is 564. The van der Waals surface area contributed by atoms with E-state index in [0.29, 0.717) is 32.1 Å². The van der Waals surface area contributed by atoms with Crippen LogP contribution in [0.2, 0.25) is 0 Å². The molecule has 0 amide bonds. The predicted octanol–water partition coefficient (Wildman–Crippen LogP) is 3.48. The van der Waals surface area contributed by atoms with Gasteiger partial charge < -0.3 is 9.84 Å². The quantitative estimate of drug-likeness (QED) is 0.861. The minimum Gasteiger partial charge on any atom is -0.507 e. The lowest BCUT2D eigenvalue weighted by molar-refractivity contribution is -0.126. The van der Waals surface area contributed by atoms with Crippen LogP contribution in [0, 0.1) is 0 Å². The molecule has 1 fully saturated rings. The third kappa shape index (κ3) is 3.32. The van der Waals surface area contributed by atoms with E-state index in [1.807, 2.05) is 6.92 Å². The number of phenols is 1. The van der Waals surface area contributed by atoms with Crippen molar-refractivity contribution in [3.63, 3.8) is 0 Å². The molecule has 0 unspecified atom stereocenters. The Kier molecular flexibility index (Phi) is 4.46. The Labute approximate surface area is 124 Å². The molecule has 0 radical (unpaired) electrons. The molecule has 0 spiro atoms. The summed E-state index contributed by atoms with van der Waals surface area (Å²) in [6.45, 7) is 5.59. The van der Waals surface area contributed by atoms with Gasteiger partial charge in [0.2, 0.25) is 0 Å². The van der Waals surface area contributed by atoms with Crippen LogP contribution in [-0.4, -0.2) is 22.5 Å². The Morgan fingerprint density at radius 2 is 2.10 bits per heavy atom. The first-order chi connectivity index (χ1) is 9.99. The highest BCUT2D eigenvalue weighted by Gasteiger charge is 2.37. The average Bonchev–Trinajstić information content (AvgIpc) is 2.50. The molecule has 0 atom stereocenters. The third-order valence-electron chi connectivity index (χ3n) is 4.15. The normalized spacial score (nSPS) is 17.3. The van der Waals surface area contributed by atoms with Crippen LogP contribution in [0.3, 0.4) is 0 Å². The summed E-state index contributed by atoms with van der Waals surface area (Å²) >= 11 is 0. The van der Waals surface area contributed by atoms with Gasteiger partial charge in [-0.25, -0.2) is 4.79 Å². The zero-order chi connectivity index (χ0) is 15.5. The molecular weight excluding hydrogens is 268 g/mol. The molecule has 1 aromatic carbocycles. The van der Waals surface area contributed by atoms with Gasteiger partial charge in [0.05, 0.1) is 0 Å². The first kappa shape index (κ1) is 15.3. The smallest absolute Gasteiger partial charge is 0.342 e. The molecule has 0 saturated heterocycles. The number of ketones is 1. The average molecular weight is 288 g/mol. The van der Waals surface area contributed by atoms with Crippen LogP contribution in [0.15, 0.2) is 24.8 Å². The first-order valence-electron chi connectivity index (χ1n) is 7.20. The van der Waals surface area contributed by atoms with Gasteiger partial charge in [-0.2, -0.15) is 0 Å². The van der Waals surface area contributed by atoms with E-state index < -0.39 is 11.6 Å². The summed E-state index contributed by atoms with van der Waals surface area (Å²) in [5.41, 5.74) is 0.281. The number of carbonyl (C=O) groups excluding carboxylic acids is 2. The minimum atomic E-state index is -0.596. The maximum absolute atomic E-state index is 12.3. The Hall–Kier alpha value is -2.10. The number of esters is 1. The molecule has 4 heteroatoms. The second kappa shape index (κ2) is 6.12. The van der Waals surface area contributed by atoms with Gasteiger partial charge in [-0.1, -0.05) is 25.6 Å². The lowest BCUT2D eigenvalue weighted by atomic mass is 9.82. The molecular formula is C17H20O4. The van der Waals surface area contributed by atoms with Crippen molar-refractivity contribution in [1.82, 2.24) is 0 Å². The molecule has 21 heavy (non-hydrogen) atoms. The standard InChI is InChI=1S/C17H20O4/c1-3-12-5-6-15(19)14(11-12)16(20)21-17(4-2)9-7-13(18)8-10-17/h3,5-6,11,19H,1,4,7-10H2,2H3. The molecule has 1 aliphatic carbocycles. The van der Waals surface area contributed by atoms with E-state index in [0.717, 1.165) is 5.56 Å². The number of carbonyl (C=O) groups is 2. The second-order valence-electron chi connectivity index (χ2n) is 5.45. The van der Waals surface area contributed by atoms with Gasteiger partial charge in [-0.3, -0.25) is 4.79 Å². The van der Waals surface area contributed by atoms with Gasteiger partial charge >= 0.3 is 5.97 Å². The highest BCUT2D eigenvalue weighted by Crippen LogP contribution is 2.34. The van der Waals surface area contributed by atoms with Crippen molar-refractivity contribution in [2.24, 2.45) is 0 Å². The molecule has 1 saturated carbocycles. The monoisotopic (exact) mass is 288 g/mol. The number of phenolic OH excluding ortho intramolecular Hbond substituents is 1. The summed E-state index contributed by atoms with van der Waals surface area (Å²) in [5, 5.41) is 9.84. The zero-order valence-electron chi connectivity index (χ0n) is 12.2. The van der Waals surface area contributed by atoms with E-state index in [1.165, 1.54) is 6.07 Å². The molecule has 112 valence electrons. The fraction of sp³-hybridized carbons (Fsp3) is 0.412. The van der Waals surface area contributed by atoms with Crippen molar-refractivity contribution < 1.29 is 19.4 Å². The molecule has 1 aliphatic rings. The minimum absolute atomic E-state index is 0.108. The summed E-state index contributed by atoms with van der Waals surface area (Å²) in [4.78, 5) is 23.7. The summed E-state index contributed by atoms with van der Waals surface area (Å²) in [6, 6.07) is 4.69. The van der Waals surface area contributed by atoms with Gasteiger partial charge in [0.25, 0.3) is 0 Å². The van der Waals surface area contributed by atoms with Crippen LogP contribution in [0.25, 0.3) is 6.08 Å². The molecule has 0 heterocycles. The number of aromatic hydroxyl groups is 1. The maximum atomic E-state index is 12.3. The maximum Gasteiger partial charge on any atom is 0.342 e. The predicted molar refractivity (Wildman–Crippen MR) is 80.1 cm³/mol. The van der Waals surface area contributed by atoms with Gasteiger partial charge in [0.15, 0.2) is 0 Å². The lowest BCUT2D eigenvalue weighted by Crippen LogP contribution is -2.38. The Morgan fingerprint density at radius 1 is 1.43 bits per heavy atom. The van der Waals surface area contributed by atoms with Crippen molar-refractivity contribution in [2.75, 3.05) is 0 Å². The number of Topliss-reactive ketones (excluding diaryl/α,β-unsaturated/α-hetero) is 1. The fourth-order valence-electron chi connectivity index (χ4n) is 2.61. The third-order valence-corrected chi connectivity index (χ3v) is 4.15. The molecule has 0 bridgehead atoms. The van der Waals surface area contributed by atoms with Gasteiger partial charge in [-0.15, -0.1) is 0 Å². The molecule has 0 aliphatic heterocycles. The molecule has 1 aromatic rings. The summed E-state index contributed by atoms with van der Waals surface area (Å²) in [7, 11) is 0. The highest BCUT2D eigenvalue weighted by atomic mass is 16.6. The van der Waals surface area contributed by atoms with Gasteiger partial charge in [-0.05, 0) is 37.0 Å². The second-order valence-corrected chi connectivity index (χ2v) is 5.45. The zero-order valence-corrected chi connectivity index (χ0v) is 12.2. The van der Waals surface area contributed by atoms with Crippen molar-refractivity contribution in [2.45, 2.75) is 44.6 Å². The Morgan fingerprint density at radius 3 is 2.67 bits per heavy atom. The molecule has 4 nitrogen and oxygen atoms in total. The Balaban J connectivity index is 2.20. The molecule has 1 N–H and O–H groups in total. The van der Waals surface area contributed by atoms with E-state index in [4.69, 9.17) is 4.74 Å². The van der Waals surface area contributed by atoms with Crippen LogP contribution in [0.5, 0.6) is 5.75 Å². The fourth-order valence-corrected chi connectivity index (χ4v) is 2.61. The van der Waals surface area contributed by atoms with Crippen LogP contribution in [0.4, 0.5) is 0 Å². The number of hydrogen-bond donors (Lipinski definition) is 1. The lowest BCUT2D eigenvalue weighted by Gasteiger charge is -2.35. The number of rotatable bonds is 4. The number of hydrogen-bond acceptors (Lipinski definition) is 4. The highest BCUT2D eigenvalue weighted by molar-refractivity contribution is 5.93. The number of benzene rings is 1. The van der Waals surface area contributed by atoms with E-state index in [-0.39, 0.29) is 17.1 Å². The van der Waals surface area contributed by atoms with E-state index in [2.05, 4.69) is 6.58 Å². The topological polar surface area (TPSA) is 63.6 Å². The number of ether oxygens (including phenoxy) is 1. The van der Waals surface area contributed by atoms with E-state index in [1.54, 1.807) is 18.2 Å². The SMILES string of the molecule is C=Cc1ccc(O)c(C(=O)OC2(CC)CCC(=O)CC2)c1. The van der Waals surface area contributed by atoms with Crippen molar-refractivity contribution in [3.05, 3.63) is 35.9 Å². The first-order valence-corrected chi connectivity index (χ1v) is 7.20. The van der Waals surface area contributed by atoms with Crippen LogP contribution in [0.1, 0.15) is 54.9 Å². The largest absolute Gasteiger partial charge is 0.507 e. The van der Waals surface area contributed by atoms with Crippen LogP contribution in [-0.2, 0) is 9.53 Å². The van der Waals surface area contributed by atoms with Crippen LogP contribution >= 0.6 is 0 Å².